The van der Waals surface area contributed by atoms with Gasteiger partial charge in [0.25, 0.3) is 0 Å². The predicted molar refractivity (Wildman–Crippen MR) is 65.8 cm³/mol. The molecule has 0 aliphatic heterocycles. The minimum Gasteiger partial charge on any atom is -0.465 e. The summed E-state index contributed by atoms with van der Waals surface area (Å²) in [6.07, 6.45) is 1.95. The van der Waals surface area contributed by atoms with Crippen LogP contribution in [0.2, 0.25) is 0 Å². The average molecular weight is 245 g/mol. The Bertz CT molecular complexity index is 232. The van der Waals surface area contributed by atoms with Gasteiger partial charge in [0.2, 0.25) is 0 Å². The monoisotopic (exact) mass is 245 g/mol. The van der Waals surface area contributed by atoms with E-state index in [0.717, 1.165) is 19.4 Å². The zero-order chi connectivity index (χ0) is 13.1. The van der Waals surface area contributed by atoms with Crippen molar-refractivity contribution in [2.75, 3.05) is 40.3 Å². The Labute approximate surface area is 103 Å². The van der Waals surface area contributed by atoms with Crippen LogP contribution in [0.25, 0.3) is 0 Å². The molecule has 0 saturated carbocycles. The Morgan fingerprint density at radius 1 is 1.18 bits per heavy atom. The molecule has 0 spiro atoms. The number of carbonyl (C=O) groups excluding carboxylic acids is 2. The highest BCUT2D eigenvalue weighted by Crippen LogP contribution is 1.88. The van der Waals surface area contributed by atoms with Gasteiger partial charge in [-0.15, -0.1) is 0 Å². The smallest absolute Gasteiger partial charge is 0.325 e. The van der Waals surface area contributed by atoms with Crippen LogP contribution < -0.4 is 10.6 Å². The molecule has 0 aliphatic carbocycles. The standard InChI is InChI=1S/C11H23N3O3/c1-4-17-10(15)9-13-11(16)12-7-5-6-8-14(2)3/h4-9H2,1-3H3,(H2,12,13,16). The third kappa shape index (κ3) is 11.0. The highest BCUT2D eigenvalue weighted by atomic mass is 16.5. The van der Waals surface area contributed by atoms with Crippen LogP contribution in [0.15, 0.2) is 0 Å². The number of hydrogen-bond donors (Lipinski definition) is 2. The van der Waals surface area contributed by atoms with Crippen LogP contribution in [0.3, 0.4) is 0 Å². The lowest BCUT2D eigenvalue weighted by atomic mass is 10.3. The first-order valence-electron chi connectivity index (χ1n) is 5.88. The van der Waals surface area contributed by atoms with Crippen molar-refractivity contribution in [2.24, 2.45) is 0 Å². The van der Waals surface area contributed by atoms with Crippen LogP contribution in [0.4, 0.5) is 4.79 Å². The van der Waals surface area contributed by atoms with E-state index in [4.69, 9.17) is 0 Å². The number of carbonyl (C=O) groups is 2. The van der Waals surface area contributed by atoms with Crippen LogP contribution in [0, 0.1) is 0 Å². The number of unbranched alkanes of at least 4 members (excludes halogenated alkanes) is 1. The number of esters is 1. The van der Waals surface area contributed by atoms with Crippen molar-refractivity contribution in [1.82, 2.24) is 15.5 Å². The summed E-state index contributed by atoms with van der Waals surface area (Å²) >= 11 is 0. The largest absolute Gasteiger partial charge is 0.465 e. The predicted octanol–water partition coefficient (Wildman–Crippen LogP) is 0.191. The summed E-state index contributed by atoms with van der Waals surface area (Å²) in [7, 11) is 4.03. The third-order valence-corrected chi connectivity index (χ3v) is 2.02. The van der Waals surface area contributed by atoms with Gasteiger partial charge in [-0.1, -0.05) is 0 Å². The Balaban J connectivity index is 3.38. The second-order valence-corrected chi connectivity index (χ2v) is 3.92. The molecule has 0 aromatic carbocycles. The Morgan fingerprint density at radius 2 is 1.88 bits per heavy atom. The fourth-order valence-electron chi connectivity index (χ4n) is 1.18. The van der Waals surface area contributed by atoms with Crippen molar-refractivity contribution >= 4 is 12.0 Å². The maximum absolute atomic E-state index is 11.2. The Kier molecular flexibility index (Phi) is 9.14. The van der Waals surface area contributed by atoms with Crippen LogP contribution in [-0.4, -0.2) is 57.2 Å². The lowest BCUT2D eigenvalue weighted by molar-refractivity contribution is -0.141. The summed E-state index contributed by atoms with van der Waals surface area (Å²) < 4.78 is 4.67. The van der Waals surface area contributed by atoms with Gasteiger partial charge in [-0.25, -0.2) is 4.79 Å². The molecule has 0 heterocycles. The molecule has 100 valence electrons. The van der Waals surface area contributed by atoms with Gasteiger partial charge in [-0.3, -0.25) is 4.79 Å². The molecule has 0 fully saturated rings. The van der Waals surface area contributed by atoms with Crippen LogP contribution in [-0.2, 0) is 9.53 Å². The summed E-state index contributed by atoms with van der Waals surface area (Å²) in [4.78, 5) is 24.2. The molecule has 0 unspecified atom stereocenters. The summed E-state index contributed by atoms with van der Waals surface area (Å²) in [5.41, 5.74) is 0. The minimum absolute atomic E-state index is 0.0859. The van der Waals surface area contributed by atoms with E-state index in [1.807, 2.05) is 14.1 Å². The molecule has 0 rings (SSSR count). The number of urea groups is 1. The minimum atomic E-state index is -0.421. The Hall–Kier alpha value is -1.30. The van der Waals surface area contributed by atoms with Crippen molar-refractivity contribution in [2.45, 2.75) is 19.8 Å². The first-order valence-corrected chi connectivity index (χ1v) is 5.88. The Morgan fingerprint density at radius 3 is 2.47 bits per heavy atom. The van der Waals surface area contributed by atoms with Gasteiger partial charge in [-0.2, -0.15) is 0 Å². The molecule has 0 saturated heterocycles. The van der Waals surface area contributed by atoms with Crippen LogP contribution >= 0.6 is 0 Å². The lowest BCUT2D eigenvalue weighted by Gasteiger charge is -2.10. The second kappa shape index (κ2) is 9.89. The maximum atomic E-state index is 11.2. The number of amides is 2. The van der Waals surface area contributed by atoms with Gasteiger partial charge in [0.1, 0.15) is 6.54 Å². The summed E-state index contributed by atoms with van der Waals surface area (Å²) in [5, 5.41) is 5.11. The van der Waals surface area contributed by atoms with E-state index in [9.17, 15) is 9.59 Å². The third-order valence-electron chi connectivity index (χ3n) is 2.02. The number of rotatable bonds is 8. The molecule has 0 radical (unpaired) electrons. The van der Waals surface area contributed by atoms with E-state index in [0.29, 0.717) is 13.2 Å². The van der Waals surface area contributed by atoms with E-state index in [1.165, 1.54) is 0 Å². The van der Waals surface area contributed by atoms with E-state index < -0.39 is 5.97 Å². The van der Waals surface area contributed by atoms with Crippen molar-refractivity contribution in [3.05, 3.63) is 0 Å². The zero-order valence-corrected chi connectivity index (χ0v) is 10.9. The normalized spacial score (nSPS) is 10.1. The molecule has 2 amide bonds. The van der Waals surface area contributed by atoms with Crippen LogP contribution in [0.5, 0.6) is 0 Å². The van der Waals surface area contributed by atoms with Gasteiger partial charge in [0, 0.05) is 6.54 Å². The molecule has 6 heteroatoms. The van der Waals surface area contributed by atoms with Gasteiger partial charge >= 0.3 is 12.0 Å². The summed E-state index contributed by atoms with van der Waals surface area (Å²) in [5.74, 6) is -0.421. The van der Waals surface area contributed by atoms with Gasteiger partial charge in [-0.05, 0) is 40.4 Å². The summed E-state index contributed by atoms with van der Waals surface area (Å²) in [6, 6.07) is -0.331. The maximum Gasteiger partial charge on any atom is 0.325 e. The van der Waals surface area contributed by atoms with Gasteiger partial charge in [0.05, 0.1) is 6.61 Å². The fraction of sp³-hybridized carbons (Fsp3) is 0.818. The highest BCUT2D eigenvalue weighted by molar-refractivity contribution is 5.80. The van der Waals surface area contributed by atoms with Crippen molar-refractivity contribution in [3.8, 4) is 0 Å². The molecule has 17 heavy (non-hydrogen) atoms. The molecule has 0 atom stereocenters. The van der Waals surface area contributed by atoms with E-state index in [2.05, 4.69) is 20.3 Å². The number of ether oxygens (including phenoxy) is 1. The molecular weight excluding hydrogens is 222 g/mol. The molecule has 0 aromatic heterocycles. The first-order chi connectivity index (χ1) is 8.06. The highest BCUT2D eigenvalue weighted by Gasteiger charge is 2.04. The van der Waals surface area contributed by atoms with Crippen molar-refractivity contribution < 1.29 is 14.3 Å². The van der Waals surface area contributed by atoms with Crippen molar-refractivity contribution in [1.29, 1.82) is 0 Å². The number of hydrogen-bond acceptors (Lipinski definition) is 4. The van der Waals surface area contributed by atoms with Crippen LogP contribution in [0.1, 0.15) is 19.8 Å². The zero-order valence-electron chi connectivity index (χ0n) is 10.9. The average Bonchev–Trinajstić information content (AvgIpc) is 2.26. The first kappa shape index (κ1) is 15.7. The molecule has 2 N–H and O–H groups in total. The van der Waals surface area contributed by atoms with Gasteiger partial charge < -0.3 is 20.3 Å². The number of nitrogens with one attached hydrogen (secondary N) is 2. The molecular formula is C11H23N3O3. The lowest BCUT2D eigenvalue weighted by Crippen LogP contribution is -2.39. The molecule has 6 nitrogen and oxygen atoms in total. The fourth-order valence-corrected chi connectivity index (χ4v) is 1.18. The topological polar surface area (TPSA) is 70.7 Å². The number of nitrogens with zero attached hydrogens (tertiary/aromatic N) is 1. The molecule has 0 bridgehead atoms. The molecule has 0 aliphatic rings. The van der Waals surface area contributed by atoms with Gasteiger partial charge in [0.15, 0.2) is 0 Å². The van der Waals surface area contributed by atoms with E-state index in [-0.39, 0.29) is 12.6 Å². The summed E-state index contributed by atoms with van der Waals surface area (Å²) in [6.45, 7) is 3.58. The van der Waals surface area contributed by atoms with E-state index in [1.54, 1.807) is 6.92 Å². The van der Waals surface area contributed by atoms with E-state index >= 15 is 0 Å². The second-order valence-electron chi connectivity index (χ2n) is 3.92. The van der Waals surface area contributed by atoms with Crippen molar-refractivity contribution in [3.63, 3.8) is 0 Å². The SMILES string of the molecule is CCOC(=O)CNC(=O)NCCCCN(C)C. The quantitative estimate of drug-likeness (QED) is 0.473. The molecule has 0 aromatic rings.